The summed E-state index contributed by atoms with van der Waals surface area (Å²) in [6, 6.07) is 5.97. The van der Waals surface area contributed by atoms with Gasteiger partial charge in [0.25, 0.3) is 5.91 Å². The van der Waals surface area contributed by atoms with Gasteiger partial charge in [-0.3, -0.25) is 9.59 Å². The van der Waals surface area contributed by atoms with Gasteiger partial charge in [-0.15, -0.1) is 11.3 Å². The van der Waals surface area contributed by atoms with Crippen molar-refractivity contribution in [1.29, 1.82) is 0 Å². The Morgan fingerprint density at radius 2 is 1.96 bits per heavy atom. The maximum Gasteiger partial charge on any atom is 0.261 e. The monoisotopic (exact) mass is 366 g/mol. The zero-order valence-corrected chi connectivity index (χ0v) is 14.4. The minimum atomic E-state index is -0.719. The summed E-state index contributed by atoms with van der Waals surface area (Å²) in [4.78, 5) is 24.8. The van der Waals surface area contributed by atoms with Crippen LogP contribution in [0.25, 0.3) is 0 Å². The fraction of sp³-hybridized carbons (Fsp3) is 0.250. The molecule has 1 atom stereocenters. The van der Waals surface area contributed by atoms with E-state index in [1.54, 1.807) is 36.6 Å². The van der Waals surface area contributed by atoms with Crippen LogP contribution in [0.4, 0.5) is 5.69 Å². The van der Waals surface area contributed by atoms with Crippen LogP contribution in [-0.2, 0) is 4.79 Å². The van der Waals surface area contributed by atoms with Crippen LogP contribution in [0.5, 0.6) is 11.5 Å². The number of nitrogens with one attached hydrogen (secondary N) is 2. The van der Waals surface area contributed by atoms with E-state index in [2.05, 4.69) is 10.6 Å². The van der Waals surface area contributed by atoms with Crippen molar-refractivity contribution in [1.82, 2.24) is 5.32 Å². The Balaban J connectivity index is 1.67. The summed E-state index contributed by atoms with van der Waals surface area (Å²) >= 11 is 7.47. The minimum absolute atomic E-state index is 0.291. The molecule has 3 rings (SSSR count). The van der Waals surface area contributed by atoms with Crippen molar-refractivity contribution in [2.24, 2.45) is 0 Å². The number of hydrogen-bond donors (Lipinski definition) is 2. The third-order valence-corrected chi connectivity index (χ3v) is 4.56. The number of fused-ring (bicyclic) bond motifs is 1. The molecule has 0 bridgehead atoms. The van der Waals surface area contributed by atoms with Gasteiger partial charge in [-0.2, -0.15) is 0 Å². The highest BCUT2D eigenvalue weighted by Gasteiger charge is 2.20. The van der Waals surface area contributed by atoms with Gasteiger partial charge >= 0.3 is 0 Å². The number of rotatable bonds is 4. The summed E-state index contributed by atoms with van der Waals surface area (Å²) in [6.07, 6.45) is 0. The number of anilines is 1. The molecule has 0 spiro atoms. The zero-order valence-electron chi connectivity index (χ0n) is 12.8. The largest absolute Gasteiger partial charge is 0.486 e. The number of halogens is 1. The van der Waals surface area contributed by atoms with Gasteiger partial charge in [-0.1, -0.05) is 17.7 Å². The van der Waals surface area contributed by atoms with E-state index in [9.17, 15) is 9.59 Å². The third-order valence-electron chi connectivity index (χ3n) is 3.38. The van der Waals surface area contributed by atoms with E-state index in [1.165, 1.54) is 11.3 Å². The summed E-state index contributed by atoms with van der Waals surface area (Å²) in [5.74, 6) is 0.402. The fourth-order valence-electron chi connectivity index (χ4n) is 2.14. The molecule has 1 aromatic heterocycles. The topological polar surface area (TPSA) is 76.7 Å². The average molecular weight is 367 g/mol. The standard InChI is InChI=1S/C16H15ClN2O4S/c1-9(18-16(21)14-3-2-6-24-14)15(20)19-11-8-13-12(7-10(11)17)22-4-5-23-13/h2-3,6-9H,4-5H2,1H3,(H,18,21)(H,19,20). The van der Waals surface area contributed by atoms with Crippen LogP contribution in [0.2, 0.25) is 5.02 Å². The van der Waals surface area contributed by atoms with Crippen LogP contribution in [0, 0.1) is 0 Å². The van der Waals surface area contributed by atoms with E-state index in [0.29, 0.717) is 40.3 Å². The maximum absolute atomic E-state index is 12.3. The van der Waals surface area contributed by atoms with E-state index in [4.69, 9.17) is 21.1 Å². The van der Waals surface area contributed by atoms with Gasteiger partial charge in [0.1, 0.15) is 19.3 Å². The van der Waals surface area contributed by atoms with Crippen molar-refractivity contribution in [3.8, 4) is 11.5 Å². The van der Waals surface area contributed by atoms with Crippen molar-refractivity contribution in [3.63, 3.8) is 0 Å². The van der Waals surface area contributed by atoms with Gasteiger partial charge in [0.15, 0.2) is 11.5 Å². The molecule has 1 unspecified atom stereocenters. The summed E-state index contributed by atoms with van der Waals surface area (Å²) in [6.45, 7) is 2.50. The third kappa shape index (κ3) is 3.63. The van der Waals surface area contributed by atoms with Crippen molar-refractivity contribution in [2.75, 3.05) is 18.5 Å². The quantitative estimate of drug-likeness (QED) is 0.872. The Kier molecular flexibility index (Phi) is 4.92. The van der Waals surface area contributed by atoms with Crippen LogP contribution in [0.15, 0.2) is 29.6 Å². The highest BCUT2D eigenvalue weighted by atomic mass is 35.5. The van der Waals surface area contributed by atoms with Gasteiger partial charge in [-0.05, 0) is 18.4 Å². The molecule has 2 amide bonds. The second-order valence-electron chi connectivity index (χ2n) is 5.14. The van der Waals surface area contributed by atoms with Crippen LogP contribution < -0.4 is 20.1 Å². The lowest BCUT2D eigenvalue weighted by Crippen LogP contribution is -2.41. The summed E-state index contributed by atoms with van der Waals surface area (Å²) < 4.78 is 10.9. The molecular weight excluding hydrogens is 352 g/mol. The molecule has 1 aliphatic heterocycles. The minimum Gasteiger partial charge on any atom is -0.486 e. The smallest absolute Gasteiger partial charge is 0.261 e. The van der Waals surface area contributed by atoms with E-state index in [-0.39, 0.29) is 11.8 Å². The Morgan fingerprint density at radius 3 is 2.62 bits per heavy atom. The Labute approximate surface area is 147 Å². The molecule has 1 aliphatic rings. The Bertz CT molecular complexity index is 764. The predicted molar refractivity (Wildman–Crippen MR) is 92.3 cm³/mol. The number of hydrogen-bond acceptors (Lipinski definition) is 5. The molecule has 0 aliphatic carbocycles. The second-order valence-corrected chi connectivity index (χ2v) is 6.49. The molecule has 1 aromatic carbocycles. The number of benzene rings is 1. The molecule has 0 saturated heterocycles. The van der Waals surface area contributed by atoms with E-state index >= 15 is 0 Å². The molecular formula is C16H15ClN2O4S. The number of ether oxygens (including phenoxy) is 2. The van der Waals surface area contributed by atoms with Gasteiger partial charge in [0.05, 0.1) is 15.6 Å². The lowest BCUT2D eigenvalue weighted by molar-refractivity contribution is -0.117. The molecule has 6 nitrogen and oxygen atoms in total. The molecule has 0 fully saturated rings. The molecule has 0 radical (unpaired) electrons. The SMILES string of the molecule is CC(NC(=O)c1cccs1)C(=O)Nc1cc2c(cc1Cl)OCCO2. The lowest BCUT2D eigenvalue weighted by atomic mass is 10.2. The Morgan fingerprint density at radius 1 is 1.25 bits per heavy atom. The van der Waals surface area contributed by atoms with Gasteiger partial charge in [-0.25, -0.2) is 0 Å². The predicted octanol–water partition coefficient (Wildman–Crippen LogP) is 2.93. The normalized spacial score (nSPS) is 13.9. The van der Waals surface area contributed by atoms with Crippen molar-refractivity contribution < 1.29 is 19.1 Å². The van der Waals surface area contributed by atoms with E-state index in [1.807, 2.05) is 0 Å². The van der Waals surface area contributed by atoms with Gasteiger partial charge < -0.3 is 20.1 Å². The van der Waals surface area contributed by atoms with E-state index < -0.39 is 6.04 Å². The van der Waals surface area contributed by atoms with Crippen LogP contribution in [0.1, 0.15) is 16.6 Å². The van der Waals surface area contributed by atoms with Crippen molar-refractivity contribution in [2.45, 2.75) is 13.0 Å². The molecule has 126 valence electrons. The van der Waals surface area contributed by atoms with Crippen molar-refractivity contribution in [3.05, 3.63) is 39.5 Å². The molecule has 24 heavy (non-hydrogen) atoms. The molecule has 8 heteroatoms. The molecule has 2 heterocycles. The summed E-state index contributed by atoms with van der Waals surface area (Å²) in [5.41, 5.74) is 0.406. The van der Waals surface area contributed by atoms with Crippen LogP contribution >= 0.6 is 22.9 Å². The molecule has 2 aromatic rings. The van der Waals surface area contributed by atoms with E-state index in [0.717, 1.165) is 0 Å². The number of carbonyl (C=O) groups is 2. The van der Waals surface area contributed by atoms with Gasteiger partial charge in [0, 0.05) is 12.1 Å². The first-order chi connectivity index (χ1) is 11.5. The molecule has 2 N–H and O–H groups in total. The van der Waals surface area contributed by atoms with Crippen LogP contribution in [-0.4, -0.2) is 31.1 Å². The first-order valence-corrected chi connectivity index (χ1v) is 8.55. The Hall–Kier alpha value is -2.25. The second kappa shape index (κ2) is 7.11. The first kappa shape index (κ1) is 16.6. The van der Waals surface area contributed by atoms with Crippen molar-refractivity contribution >= 4 is 40.4 Å². The highest BCUT2D eigenvalue weighted by Crippen LogP contribution is 2.37. The highest BCUT2D eigenvalue weighted by molar-refractivity contribution is 7.12. The molecule has 0 saturated carbocycles. The maximum atomic E-state index is 12.3. The average Bonchev–Trinajstić information content (AvgIpc) is 3.10. The fourth-order valence-corrected chi connectivity index (χ4v) is 2.97. The summed E-state index contributed by atoms with van der Waals surface area (Å²) in [7, 11) is 0. The van der Waals surface area contributed by atoms with Gasteiger partial charge in [0.2, 0.25) is 5.91 Å². The number of carbonyl (C=O) groups excluding carboxylic acids is 2. The number of amides is 2. The first-order valence-electron chi connectivity index (χ1n) is 7.29. The lowest BCUT2D eigenvalue weighted by Gasteiger charge is -2.20. The summed E-state index contributed by atoms with van der Waals surface area (Å²) in [5, 5.41) is 7.48. The zero-order chi connectivity index (χ0) is 17.1. The van der Waals surface area contributed by atoms with Crippen LogP contribution in [0.3, 0.4) is 0 Å². The number of thiophene rings is 1.